The highest BCUT2D eigenvalue weighted by atomic mass is 35.5. The van der Waals surface area contributed by atoms with Gasteiger partial charge in [0, 0.05) is 60.0 Å². The third-order valence-electron chi connectivity index (χ3n) is 5.10. The third-order valence-corrected chi connectivity index (χ3v) is 5.57. The van der Waals surface area contributed by atoms with Crippen LogP contribution in [0.3, 0.4) is 0 Å². The molecule has 4 aromatic rings. The van der Waals surface area contributed by atoms with Crippen molar-refractivity contribution in [2.45, 2.75) is 6.54 Å². The summed E-state index contributed by atoms with van der Waals surface area (Å²) in [6, 6.07) is 15.3. The van der Waals surface area contributed by atoms with Crippen molar-refractivity contribution in [3.05, 3.63) is 76.7 Å². The topological polar surface area (TPSA) is 70.9 Å². The maximum absolute atomic E-state index is 6.06. The third kappa shape index (κ3) is 5.95. The number of likely N-dealkylation sites (N-methyl/N-ethyl adjacent to an activating group) is 1. The van der Waals surface area contributed by atoms with Crippen molar-refractivity contribution < 1.29 is 0 Å². The first-order chi connectivity index (χ1) is 15.6. The number of hydrogen-bond donors (Lipinski definition) is 2. The SMILES string of the molecule is CN(CCNCc1cn(-c2cccc(Cl)c2)nn1)CCNc1ccnc2cc(Cl)ccc12. The van der Waals surface area contributed by atoms with Gasteiger partial charge in [-0.2, -0.15) is 0 Å². The first-order valence-electron chi connectivity index (χ1n) is 10.4. The van der Waals surface area contributed by atoms with Crippen LogP contribution in [-0.4, -0.2) is 58.1 Å². The molecule has 2 N–H and O–H groups in total. The van der Waals surface area contributed by atoms with Crippen LogP contribution in [0.15, 0.2) is 60.9 Å². The summed E-state index contributed by atoms with van der Waals surface area (Å²) in [7, 11) is 2.11. The molecule has 9 heteroatoms. The first kappa shape index (κ1) is 22.5. The van der Waals surface area contributed by atoms with E-state index in [4.69, 9.17) is 23.2 Å². The molecular formula is C23H25Cl2N7. The average molecular weight is 470 g/mol. The van der Waals surface area contributed by atoms with Crippen LogP contribution in [0.4, 0.5) is 5.69 Å². The fourth-order valence-electron chi connectivity index (χ4n) is 3.38. The van der Waals surface area contributed by atoms with Gasteiger partial charge in [-0.05, 0) is 49.5 Å². The van der Waals surface area contributed by atoms with Crippen molar-refractivity contribution in [1.82, 2.24) is 30.2 Å². The average Bonchev–Trinajstić information content (AvgIpc) is 3.26. The molecule has 166 valence electrons. The lowest BCUT2D eigenvalue weighted by molar-refractivity contribution is 0.343. The Morgan fingerprint density at radius 1 is 1.00 bits per heavy atom. The molecule has 0 bridgehead atoms. The van der Waals surface area contributed by atoms with Crippen LogP contribution < -0.4 is 10.6 Å². The summed E-state index contributed by atoms with van der Waals surface area (Å²) in [5.41, 5.74) is 3.75. The van der Waals surface area contributed by atoms with Crippen molar-refractivity contribution in [3.63, 3.8) is 0 Å². The summed E-state index contributed by atoms with van der Waals surface area (Å²) >= 11 is 12.1. The summed E-state index contributed by atoms with van der Waals surface area (Å²) < 4.78 is 1.73. The minimum absolute atomic E-state index is 0.665. The second-order valence-corrected chi connectivity index (χ2v) is 8.43. The quantitative estimate of drug-likeness (QED) is 0.338. The smallest absolute Gasteiger partial charge is 0.0969 e. The highest BCUT2D eigenvalue weighted by molar-refractivity contribution is 6.31. The number of pyridine rings is 1. The zero-order valence-corrected chi connectivity index (χ0v) is 19.3. The molecule has 0 aliphatic heterocycles. The lowest BCUT2D eigenvalue weighted by Gasteiger charge is -2.18. The molecule has 0 unspecified atom stereocenters. The maximum atomic E-state index is 6.06. The van der Waals surface area contributed by atoms with Gasteiger partial charge in [0.2, 0.25) is 0 Å². The van der Waals surface area contributed by atoms with E-state index in [-0.39, 0.29) is 0 Å². The Kier molecular flexibility index (Phi) is 7.55. The molecule has 2 heterocycles. The lowest BCUT2D eigenvalue weighted by atomic mass is 10.2. The Bertz CT molecular complexity index is 1180. The van der Waals surface area contributed by atoms with Gasteiger partial charge in [0.05, 0.1) is 23.1 Å². The van der Waals surface area contributed by atoms with Gasteiger partial charge in [0.25, 0.3) is 0 Å². The zero-order valence-electron chi connectivity index (χ0n) is 17.8. The molecule has 0 spiro atoms. The molecule has 2 aromatic carbocycles. The van der Waals surface area contributed by atoms with Gasteiger partial charge in [0.1, 0.15) is 0 Å². The summed E-state index contributed by atoms with van der Waals surface area (Å²) in [6.07, 6.45) is 3.72. The molecule has 0 saturated heterocycles. The van der Waals surface area contributed by atoms with E-state index in [0.717, 1.165) is 54.2 Å². The number of rotatable bonds is 10. The monoisotopic (exact) mass is 469 g/mol. The van der Waals surface area contributed by atoms with Crippen LogP contribution in [0.1, 0.15) is 5.69 Å². The number of nitrogens with zero attached hydrogens (tertiary/aromatic N) is 5. The van der Waals surface area contributed by atoms with E-state index in [9.17, 15) is 0 Å². The van der Waals surface area contributed by atoms with Crippen molar-refractivity contribution in [2.24, 2.45) is 0 Å². The summed E-state index contributed by atoms with van der Waals surface area (Å²) in [4.78, 5) is 6.66. The van der Waals surface area contributed by atoms with Crippen LogP contribution in [0.25, 0.3) is 16.6 Å². The Hall–Kier alpha value is -2.71. The molecule has 0 amide bonds. The highest BCUT2D eigenvalue weighted by Crippen LogP contribution is 2.24. The highest BCUT2D eigenvalue weighted by Gasteiger charge is 2.05. The van der Waals surface area contributed by atoms with Crippen LogP contribution in [0, 0.1) is 0 Å². The number of fused-ring (bicyclic) bond motifs is 1. The number of nitrogens with one attached hydrogen (secondary N) is 2. The molecule has 0 radical (unpaired) electrons. The second kappa shape index (κ2) is 10.7. The molecule has 0 saturated carbocycles. The molecule has 0 aliphatic carbocycles. The van der Waals surface area contributed by atoms with Crippen molar-refractivity contribution in [2.75, 3.05) is 38.5 Å². The minimum atomic E-state index is 0.665. The standard InChI is InChI=1S/C23H25Cl2N7/c1-31(12-10-28-22-7-8-27-23-14-18(25)5-6-21(22)23)11-9-26-15-19-16-32(30-29-19)20-4-2-3-17(24)13-20/h2-8,13-14,16,26H,9-12,15H2,1H3,(H,27,28). The molecule has 32 heavy (non-hydrogen) atoms. The molecule has 0 fully saturated rings. The fourth-order valence-corrected chi connectivity index (χ4v) is 3.73. The molecule has 7 nitrogen and oxygen atoms in total. The zero-order chi connectivity index (χ0) is 22.3. The predicted octanol–water partition coefficient (Wildman–Crippen LogP) is 4.26. The van der Waals surface area contributed by atoms with Crippen LogP contribution in [-0.2, 0) is 6.54 Å². The number of benzene rings is 2. The Morgan fingerprint density at radius 2 is 1.84 bits per heavy atom. The van der Waals surface area contributed by atoms with E-state index < -0.39 is 0 Å². The van der Waals surface area contributed by atoms with E-state index >= 15 is 0 Å². The number of hydrogen-bond acceptors (Lipinski definition) is 6. The molecule has 0 atom stereocenters. The second-order valence-electron chi connectivity index (χ2n) is 7.56. The summed E-state index contributed by atoms with van der Waals surface area (Å²) in [5.74, 6) is 0. The van der Waals surface area contributed by atoms with Gasteiger partial charge in [-0.25, -0.2) is 4.68 Å². The van der Waals surface area contributed by atoms with Crippen LogP contribution in [0.5, 0.6) is 0 Å². The van der Waals surface area contributed by atoms with Gasteiger partial charge in [-0.3, -0.25) is 4.98 Å². The Balaban J connectivity index is 1.18. The van der Waals surface area contributed by atoms with Gasteiger partial charge >= 0.3 is 0 Å². The lowest BCUT2D eigenvalue weighted by Crippen LogP contribution is -2.32. The molecule has 4 rings (SSSR count). The van der Waals surface area contributed by atoms with E-state index in [1.165, 1.54) is 0 Å². The van der Waals surface area contributed by atoms with Crippen molar-refractivity contribution in [1.29, 1.82) is 0 Å². The summed E-state index contributed by atoms with van der Waals surface area (Å²) in [6.45, 7) is 4.21. The maximum Gasteiger partial charge on any atom is 0.0969 e. The normalized spacial score (nSPS) is 11.4. The van der Waals surface area contributed by atoms with Crippen molar-refractivity contribution in [3.8, 4) is 5.69 Å². The number of halogens is 2. The minimum Gasteiger partial charge on any atom is -0.383 e. The van der Waals surface area contributed by atoms with Gasteiger partial charge in [0.15, 0.2) is 0 Å². The number of aromatic nitrogens is 4. The van der Waals surface area contributed by atoms with E-state index in [1.54, 1.807) is 10.9 Å². The van der Waals surface area contributed by atoms with E-state index in [2.05, 4.69) is 37.9 Å². The van der Waals surface area contributed by atoms with Crippen molar-refractivity contribution >= 4 is 39.8 Å². The van der Waals surface area contributed by atoms with Gasteiger partial charge in [-0.1, -0.05) is 34.5 Å². The fraction of sp³-hybridized carbons (Fsp3) is 0.261. The molecule has 0 aliphatic rings. The van der Waals surface area contributed by atoms with E-state index in [1.807, 2.05) is 54.7 Å². The largest absolute Gasteiger partial charge is 0.383 e. The summed E-state index contributed by atoms with van der Waals surface area (Å²) in [5, 5.41) is 17.8. The molecule has 2 aromatic heterocycles. The number of anilines is 1. The van der Waals surface area contributed by atoms with E-state index in [0.29, 0.717) is 16.6 Å². The van der Waals surface area contributed by atoms with Crippen LogP contribution in [0.2, 0.25) is 10.0 Å². The van der Waals surface area contributed by atoms with Crippen LogP contribution >= 0.6 is 23.2 Å². The Labute approximate surface area is 197 Å². The predicted molar refractivity (Wildman–Crippen MR) is 131 cm³/mol. The Morgan fingerprint density at radius 3 is 2.72 bits per heavy atom. The molecular weight excluding hydrogens is 445 g/mol. The van der Waals surface area contributed by atoms with Gasteiger partial charge < -0.3 is 15.5 Å². The van der Waals surface area contributed by atoms with Gasteiger partial charge in [-0.15, -0.1) is 5.10 Å². The first-order valence-corrected chi connectivity index (χ1v) is 11.2.